The quantitative estimate of drug-likeness (QED) is 0.597. The van der Waals surface area contributed by atoms with Crippen LogP contribution in [0.1, 0.15) is 41.5 Å². The molecule has 0 saturated carbocycles. The fraction of sp³-hybridized carbons (Fsp3) is 0.800. The zero-order chi connectivity index (χ0) is 9.00. The van der Waals surface area contributed by atoms with Crippen LogP contribution in [0.2, 0.25) is 0 Å². The van der Waals surface area contributed by atoms with Crippen LogP contribution in [0.15, 0.2) is 0 Å². The van der Waals surface area contributed by atoms with Crippen LogP contribution in [0.3, 0.4) is 0 Å². The van der Waals surface area contributed by atoms with Crippen molar-refractivity contribution in [1.29, 1.82) is 0 Å². The van der Waals surface area contributed by atoms with Gasteiger partial charge in [-0.05, 0) is 0 Å². The Morgan fingerprint density at radius 1 is 0.583 bits per heavy atom. The van der Waals surface area contributed by atoms with Crippen LogP contribution in [0, 0.1) is 24.7 Å². The first-order valence-electron chi connectivity index (χ1n) is 3.71. The third-order valence-corrected chi connectivity index (χ3v) is 0. The first-order chi connectivity index (χ1) is 4.00. The molecular weight excluding hydrogens is 298 g/mol. The summed E-state index contributed by atoms with van der Waals surface area (Å²) in [5.74, 6) is 0. The van der Waals surface area contributed by atoms with Gasteiger partial charge in [-0.3, -0.25) is 0 Å². The predicted octanol–water partition coefficient (Wildman–Crippen LogP) is 3.73. The van der Waals surface area contributed by atoms with Gasteiger partial charge >= 0.3 is 0 Å². The largest absolute Gasteiger partial charge is 0.338 e. The fourth-order valence-electron chi connectivity index (χ4n) is 0. The molecular formula is C10H22Y2-2. The molecule has 0 aromatic carbocycles. The smallest absolute Gasteiger partial charge is 0 e. The summed E-state index contributed by atoms with van der Waals surface area (Å²) >= 11 is 0. The molecule has 0 N–H and O–H groups in total. The Balaban J connectivity index is -0.0000000457. The second kappa shape index (κ2) is 9.75. The molecule has 70 valence electrons. The molecule has 0 fully saturated rings. The Labute approximate surface area is 130 Å². The third kappa shape index (κ3) is 315. The molecule has 2 heteroatoms. The molecule has 0 aromatic heterocycles. The van der Waals surface area contributed by atoms with E-state index in [1.54, 1.807) is 0 Å². The van der Waals surface area contributed by atoms with Crippen LogP contribution in [0.25, 0.3) is 0 Å². The minimum absolute atomic E-state index is 0. The summed E-state index contributed by atoms with van der Waals surface area (Å²) in [6, 6.07) is 0. The zero-order valence-corrected chi connectivity index (χ0v) is 15.2. The maximum atomic E-state index is 3.77. The molecule has 0 atom stereocenters. The van der Waals surface area contributed by atoms with E-state index in [9.17, 15) is 0 Å². The van der Waals surface area contributed by atoms with E-state index in [0.29, 0.717) is 0 Å². The van der Waals surface area contributed by atoms with Crippen molar-refractivity contribution in [2.45, 2.75) is 41.5 Å². The molecule has 12 heavy (non-hydrogen) atoms. The van der Waals surface area contributed by atoms with Crippen molar-refractivity contribution in [1.82, 2.24) is 0 Å². The van der Waals surface area contributed by atoms with Crippen LogP contribution >= 0.6 is 0 Å². The Morgan fingerprint density at radius 3 is 0.583 bits per heavy atom. The van der Waals surface area contributed by atoms with Crippen LogP contribution in [0.4, 0.5) is 0 Å². The molecule has 0 aliphatic heterocycles. The Hall–Kier alpha value is 2.21. The first kappa shape index (κ1) is 23.8. The standard InChI is InChI=1S/2C5H11.2Y/c2*1-5(2,3)4;;/h2*1H2,2-4H3;;/q2*-1;;. The Kier molecular flexibility index (Phi) is 19.3. The second-order valence-corrected chi connectivity index (χ2v) is 5.12. The van der Waals surface area contributed by atoms with Crippen LogP contribution < -0.4 is 0 Å². The molecule has 0 nitrogen and oxygen atoms in total. The minimum Gasteiger partial charge on any atom is -0.338 e. The van der Waals surface area contributed by atoms with Crippen molar-refractivity contribution in [2.75, 3.05) is 0 Å². The molecule has 0 aromatic rings. The van der Waals surface area contributed by atoms with Crippen molar-refractivity contribution >= 4 is 0 Å². The molecule has 0 saturated heterocycles. The van der Waals surface area contributed by atoms with Gasteiger partial charge in [-0.2, -0.15) is 10.8 Å². The van der Waals surface area contributed by atoms with Crippen molar-refractivity contribution in [3.63, 3.8) is 0 Å². The molecule has 0 unspecified atom stereocenters. The molecule has 0 heterocycles. The van der Waals surface area contributed by atoms with Gasteiger partial charge in [0.1, 0.15) is 0 Å². The van der Waals surface area contributed by atoms with Gasteiger partial charge in [0.2, 0.25) is 0 Å². The van der Waals surface area contributed by atoms with Crippen LogP contribution in [-0.2, 0) is 65.4 Å². The predicted molar refractivity (Wildman–Crippen MR) is 49.6 cm³/mol. The fourth-order valence-corrected chi connectivity index (χ4v) is 0. The topological polar surface area (TPSA) is 0 Å². The average Bonchev–Trinajstić information content (AvgIpc) is 1.12. The van der Waals surface area contributed by atoms with Crippen LogP contribution in [-0.4, -0.2) is 0 Å². The molecule has 0 bridgehead atoms. The number of hydrogen-bond donors (Lipinski definition) is 0. The van der Waals surface area contributed by atoms with Gasteiger partial charge in [-0.1, -0.05) is 41.5 Å². The van der Waals surface area contributed by atoms with Gasteiger partial charge in [0, 0.05) is 65.4 Å². The van der Waals surface area contributed by atoms with Gasteiger partial charge in [0.15, 0.2) is 0 Å². The van der Waals surface area contributed by atoms with Crippen molar-refractivity contribution in [3.8, 4) is 0 Å². The zero-order valence-electron chi connectivity index (χ0n) is 9.57. The second-order valence-electron chi connectivity index (χ2n) is 5.12. The summed E-state index contributed by atoms with van der Waals surface area (Å²) < 4.78 is 0. The van der Waals surface area contributed by atoms with E-state index in [0.717, 1.165) is 0 Å². The van der Waals surface area contributed by atoms with Crippen molar-refractivity contribution in [2.24, 2.45) is 10.8 Å². The van der Waals surface area contributed by atoms with Gasteiger partial charge in [-0.25, -0.2) is 0 Å². The van der Waals surface area contributed by atoms with Crippen molar-refractivity contribution in [3.05, 3.63) is 13.8 Å². The van der Waals surface area contributed by atoms with Crippen LogP contribution in [0.5, 0.6) is 0 Å². The summed E-state index contributed by atoms with van der Waals surface area (Å²) in [5, 5.41) is 0. The molecule has 0 rings (SSSR count). The summed E-state index contributed by atoms with van der Waals surface area (Å²) in [6.45, 7) is 20.0. The molecule has 0 aliphatic rings. The van der Waals surface area contributed by atoms with E-state index in [-0.39, 0.29) is 76.2 Å². The normalized spacial score (nSPS) is 10.0. The summed E-state index contributed by atoms with van der Waals surface area (Å²) in [4.78, 5) is 0. The van der Waals surface area contributed by atoms with Gasteiger partial charge in [0.25, 0.3) is 0 Å². The van der Waals surface area contributed by atoms with E-state index >= 15 is 0 Å². The SMILES string of the molecule is [CH2-]C(C)(C)C.[CH2-]C(C)(C)C.[Y].[Y]. The van der Waals surface area contributed by atoms with E-state index < -0.39 is 0 Å². The molecule has 0 amide bonds. The maximum Gasteiger partial charge on any atom is 0 e. The summed E-state index contributed by atoms with van der Waals surface area (Å²) in [7, 11) is 0. The molecule has 2 radical (unpaired) electrons. The monoisotopic (exact) mass is 320 g/mol. The maximum absolute atomic E-state index is 3.77. The van der Waals surface area contributed by atoms with E-state index in [1.807, 2.05) is 0 Å². The van der Waals surface area contributed by atoms with E-state index in [1.165, 1.54) is 0 Å². The van der Waals surface area contributed by atoms with Gasteiger partial charge in [-0.15, -0.1) is 0 Å². The Bertz CT molecular complexity index is 50.8. The van der Waals surface area contributed by atoms with Gasteiger partial charge < -0.3 is 13.8 Å². The third-order valence-electron chi connectivity index (χ3n) is 0. The van der Waals surface area contributed by atoms with Crippen molar-refractivity contribution < 1.29 is 65.4 Å². The minimum atomic E-state index is 0. The molecule has 0 aliphatic carbocycles. The van der Waals surface area contributed by atoms with Gasteiger partial charge in [0.05, 0.1) is 0 Å². The Morgan fingerprint density at radius 2 is 0.583 bits per heavy atom. The number of hydrogen-bond acceptors (Lipinski definition) is 0. The average molecular weight is 320 g/mol. The van der Waals surface area contributed by atoms with E-state index in [4.69, 9.17) is 0 Å². The molecule has 0 spiro atoms. The summed E-state index contributed by atoms with van der Waals surface area (Å²) in [6.07, 6.45) is 0. The first-order valence-corrected chi connectivity index (χ1v) is 3.71. The number of rotatable bonds is 0. The van der Waals surface area contributed by atoms with E-state index in [2.05, 4.69) is 55.4 Å². The summed E-state index contributed by atoms with van der Waals surface area (Å²) in [5.41, 5.74) is 0.500.